The number of carboxylic acids is 1. The summed E-state index contributed by atoms with van der Waals surface area (Å²) in [6.45, 7) is 6.22. The van der Waals surface area contributed by atoms with Gasteiger partial charge in [0.15, 0.2) is 0 Å². The van der Waals surface area contributed by atoms with Gasteiger partial charge in [-0.05, 0) is 44.0 Å². The summed E-state index contributed by atoms with van der Waals surface area (Å²) in [4.78, 5) is 10.9. The first-order valence-corrected chi connectivity index (χ1v) is 7.15. The number of carboxylic acid groups (broad SMARTS) is 1. The summed E-state index contributed by atoms with van der Waals surface area (Å²) in [5.41, 5.74) is 2.18. The van der Waals surface area contributed by atoms with Crippen molar-refractivity contribution in [2.24, 2.45) is 0 Å². The molecule has 0 aliphatic rings. The molecule has 1 aromatic carbocycles. The van der Waals surface area contributed by atoms with Gasteiger partial charge in [0.1, 0.15) is 0 Å². The van der Waals surface area contributed by atoms with E-state index in [9.17, 15) is 4.79 Å². The summed E-state index contributed by atoms with van der Waals surface area (Å²) in [6.07, 6.45) is 6.25. The molecule has 0 bridgehead atoms. The van der Waals surface area contributed by atoms with E-state index in [2.05, 4.69) is 19.2 Å². The van der Waals surface area contributed by atoms with Crippen molar-refractivity contribution in [1.82, 2.24) is 0 Å². The van der Waals surface area contributed by atoms with Gasteiger partial charge in [-0.15, -0.1) is 0 Å². The molecule has 0 spiro atoms. The molecular weight excluding hydrogens is 238 g/mol. The lowest BCUT2D eigenvalue weighted by atomic mass is 10.1. The summed E-state index contributed by atoms with van der Waals surface area (Å²) in [5.74, 6) is -0.864. The maximum absolute atomic E-state index is 10.9. The molecule has 0 aromatic heterocycles. The van der Waals surface area contributed by atoms with Crippen LogP contribution in [0.1, 0.15) is 61.9 Å². The average Bonchev–Trinajstić information content (AvgIpc) is 2.34. The largest absolute Gasteiger partial charge is 0.478 e. The third kappa shape index (κ3) is 5.33. The zero-order valence-corrected chi connectivity index (χ0v) is 12.2. The van der Waals surface area contributed by atoms with Crippen molar-refractivity contribution >= 4 is 11.7 Å². The molecule has 3 heteroatoms. The molecule has 0 fully saturated rings. The van der Waals surface area contributed by atoms with Crippen LogP contribution in [-0.2, 0) is 0 Å². The summed E-state index contributed by atoms with van der Waals surface area (Å²) in [6, 6.07) is 5.85. The number of anilines is 1. The number of carbonyl (C=O) groups is 1. The van der Waals surface area contributed by atoms with Crippen molar-refractivity contribution in [2.45, 2.75) is 58.9 Å². The number of unbranched alkanes of at least 4 members (excludes halogenated alkanes) is 3. The molecule has 0 aliphatic carbocycles. The van der Waals surface area contributed by atoms with E-state index in [1.807, 2.05) is 19.1 Å². The van der Waals surface area contributed by atoms with Crippen molar-refractivity contribution < 1.29 is 9.90 Å². The van der Waals surface area contributed by atoms with Gasteiger partial charge in [-0.2, -0.15) is 0 Å². The number of nitrogens with one attached hydrogen (secondary N) is 1. The van der Waals surface area contributed by atoms with Crippen LogP contribution in [0, 0.1) is 6.92 Å². The van der Waals surface area contributed by atoms with E-state index in [-0.39, 0.29) is 0 Å². The van der Waals surface area contributed by atoms with Crippen LogP contribution < -0.4 is 5.32 Å². The smallest absolute Gasteiger partial charge is 0.335 e. The Balaban J connectivity index is 2.48. The molecule has 0 saturated heterocycles. The molecule has 0 amide bonds. The Morgan fingerprint density at radius 1 is 1.32 bits per heavy atom. The van der Waals surface area contributed by atoms with Crippen LogP contribution in [0.2, 0.25) is 0 Å². The first-order chi connectivity index (χ1) is 9.04. The highest BCUT2D eigenvalue weighted by Crippen LogP contribution is 2.17. The van der Waals surface area contributed by atoms with Crippen LogP contribution in [0.4, 0.5) is 5.69 Å². The lowest BCUT2D eigenvalue weighted by molar-refractivity contribution is 0.0696. The highest BCUT2D eigenvalue weighted by molar-refractivity contribution is 5.89. The average molecular weight is 263 g/mol. The number of benzene rings is 1. The summed E-state index contributed by atoms with van der Waals surface area (Å²) in [5, 5.41) is 12.4. The molecule has 106 valence electrons. The molecule has 0 heterocycles. The van der Waals surface area contributed by atoms with E-state index in [1.54, 1.807) is 6.07 Å². The lowest BCUT2D eigenvalue weighted by Gasteiger charge is -2.16. The quantitative estimate of drug-likeness (QED) is 0.681. The Hall–Kier alpha value is -1.51. The van der Waals surface area contributed by atoms with E-state index in [1.165, 1.54) is 25.7 Å². The van der Waals surface area contributed by atoms with Crippen molar-refractivity contribution in [3.05, 3.63) is 29.3 Å². The molecule has 1 unspecified atom stereocenters. The summed E-state index contributed by atoms with van der Waals surface area (Å²) >= 11 is 0. The minimum Gasteiger partial charge on any atom is -0.478 e. The van der Waals surface area contributed by atoms with Gasteiger partial charge >= 0.3 is 5.97 Å². The van der Waals surface area contributed by atoms with E-state index < -0.39 is 5.97 Å². The second kappa shape index (κ2) is 7.82. The standard InChI is InChI=1S/C16H25NO2/c1-4-5-6-7-8-13(3)17-14-9-10-15(16(18)19)12(2)11-14/h9-11,13,17H,4-8H2,1-3H3,(H,18,19). The molecule has 1 atom stereocenters. The van der Waals surface area contributed by atoms with E-state index in [4.69, 9.17) is 5.11 Å². The molecule has 0 aliphatic heterocycles. The second-order valence-electron chi connectivity index (χ2n) is 5.23. The van der Waals surface area contributed by atoms with Crippen molar-refractivity contribution in [1.29, 1.82) is 0 Å². The minimum absolute atomic E-state index is 0.376. The van der Waals surface area contributed by atoms with Gasteiger partial charge in [-0.3, -0.25) is 0 Å². The van der Waals surface area contributed by atoms with Crippen LogP contribution in [0.5, 0.6) is 0 Å². The van der Waals surface area contributed by atoms with Crippen LogP contribution >= 0.6 is 0 Å². The van der Waals surface area contributed by atoms with Crippen molar-refractivity contribution in [2.75, 3.05) is 5.32 Å². The summed E-state index contributed by atoms with van der Waals surface area (Å²) < 4.78 is 0. The fraction of sp³-hybridized carbons (Fsp3) is 0.562. The Morgan fingerprint density at radius 3 is 2.63 bits per heavy atom. The van der Waals surface area contributed by atoms with Crippen LogP contribution in [0.3, 0.4) is 0 Å². The summed E-state index contributed by atoms with van der Waals surface area (Å²) in [7, 11) is 0. The highest BCUT2D eigenvalue weighted by Gasteiger charge is 2.08. The fourth-order valence-electron chi connectivity index (χ4n) is 2.23. The number of hydrogen-bond acceptors (Lipinski definition) is 2. The zero-order chi connectivity index (χ0) is 14.3. The predicted octanol–water partition coefficient (Wildman–Crippen LogP) is 4.46. The van der Waals surface area contributed by atoms with Crippen molar-refractivity contribution in [3.8, 4) is 0 Å². The van der Waals surface area contributed by atoms with Gasteiger partial charge < -0.3 is 10.4 Å². The van der Waals surface area contributed by atoms with Crippen LogP contribution in [0.25, 0.3) is 0 Å². The molecule has 2 N–H and O–H groups in total. The fourth-order valence-corrected chi connectivity index (χ4v) is 2.23. The van der Waals surface area contributed by atoms with E-state index >= 15 is 0 Å². The Bertz CT molecular complexity index is 415. The predicted molar refractivity (Wildman–Crippen MR) is 80.0 cm³/mol. The topological polar surface area (TPSA) is 49.3 Å². The second-order valence-corrected chi connectivity index (χ2v) is 5.23. The normalized spacial score (nSPS) is 12.2. The number of aromatic carboxylic acids is 1. The van der Waals surface area contributed by atoms with Gasteiger partial charge in [-0.25, -0.2) is 4.79 Å². The van der Waals surface area contributed by atoms with Crippen molar-refractivity contribution in [3.63, 3.8) is 0 Å². The van der Waals surface area contributed by atoms with Gasteiger partial charge in [0.2, 0.25) is 0 Å². The first-order valence-electron chi connectivity index (χ1n) is 7.15. The SMILES string of the molecule is CCCCCCC(C)Nc1ccc(C(=O)O)c(C)c1. The Kier molecular flexibility index (Phi) is 6.40. The lowest BCUT2D eigenvalue weighted by Crippen LogP contribution is -2.15. The number of rotatable bonds is 8. The maximum Gasteiger partial charge on any atom is 0.335 e. The molecule has 0 radical (unpaired) electrons. The minimum atomic E-state index is -0.864. The van der Waals surface area contributed by atoms with Gasteiger partial charge in [0.25, 0.3) is 0 Å². The third-order valence-electron chi connectivity index (χ3n) is 3.36. The number of hydrogen-bond donors (Lipinski definition) is 2. The van der Waals surface area contributed by atoms with Gasteiger partial charge in [0, 0.05) is 11.7 Å². The maximum atomic E-state index is 10.9. The zero-order valence-electron chi connectivity index (χ0n) is 12.2. The first kappa shape index (κ1) is 15.5. The van der Waals surface area contributed by atoms with E-state index in [0.29, 0.717) is 11.6 Å². The third-order valence-corrected chi connectivity index (χ3v) is 3.36. The Labute approximate surface area is 116 Å². The van der Waals surface area contributed by atoms with E-state index in [0.717, 1.165) is 17.7 Å². The molecule has 0 saturated carbocycles. The molecule has 19 heavy (non-hydrogen) atoms. The van der Waals surface area contributed by atoms with Gasteiger partial charge in [-0.1, -0.05) is 32.6 Å². The van der Waals surface area contributed by atoms with Gasteiger partial charge in [0.05, 0.1) is 5.56 Å². The monoisotopic (exact) mass is 263 g/mol. The molecular formula is C16H25NO2. The molecule has 1 aromatic rings. The molecule has 3 nitrogen and oxygen atoms in total. The molecule has 1 rings (SSSR count). The number of aryl methyl sites for hydroxylation is 1. The Morgan fingerprint density at radius 2 is 2.05 bits per heavy atom. The highest BCUT2D eigenvalue weighted by atomic mass is 16.4. The van der Waals surface area contributed by atoms with Crippen LogP contribution in [0.15, 0.2) is 18.2 Å². The van der Waals surface area contributed by atoms with Crippen LogP contribution in [-0.4, -0.2) is 17.1 Å².